The molecule has 0 spiro atoms. The average Bonchev–Trinajstić information content (AvgIpc) is 2.75. The Morgan fingerprint density at radius 1 is 1.53 bits per heavy atom. The van der Waals surface area contributed by atoms with Crippen LogP contribution in [0.1, 0.15) is 16.1 Å². The summed E-state index contributed by atoms with van der Waals surface area (Å²) in [6, 6.07) is 3.30. The van der Waals surface area contributed by atoms with Crippen LogP contribution in [0.5, 0.6) is 5.88 Å². The number of halogens is 1. The summed E-state index contributed by atoms with van der Waals surface area (Å²) in [6.07, 6.45) is 1.51. The fraction of sp³-hybridized carbons (Fsp3) is 0.182. The van der Waals surface area contributed by atoms with Gasteiger partial charge in [-0.25, -0.2) is 4.98 Å². The van der Waals surface area contributed by atoms with Gasteiger partial charge < -0.3 is 9.15 Å². The Bertz CT molecular complexity index is 599. The lowest BCUT2D eigenvalue weighted by molar-refractivity contribution is 0.0932. The second-order valence-corrected chi connectivity index (χ2v) is 4.35. The van der Waals surface area contributed by atoms with Gasteiger partial charge >= 0.3 is 5.91 Å². The van der Waals surface area contributed by atoms with Crippen LogP contribution in [0, 0.1) is 6.92 Å². The van der Waals surface area contributed by atoms with Crippen molar-refractivity contribution in [1.29, 1.82) is 0 Å². The van der Waals surface area contributed by atoms with Gasteiger partial charge in [-0.05, 0) is 28.9 Å². The van der Waals surface area contributed by atoms with Crippen molar-refractivity contribution in [1.82, 2.24) is 15.4 Å². The minimum absolute atomic E-state index is 0.210. The van der Waals surface area contributed by atoms with Crippen LogP contribution in [0.2, 0.25) is 0 Å². The number of nitrogens with zero attached hydrogens (tertiary/aromatic N) is 2. The Morgan fingerprint density at radius 3 is 2.95 bits per heavy atom. The third-order valence-corrected chi connectivity index (χ3v) is 2.61. The molecule has 2 N–H and O–H groups in total. The van der Waals surface area contributed by atoms with E-state index < -0.39 is 5.91 Å². The first kappa shape index (κ1) is 13.3. The van der Waals surface area contributed by atoms with Crippen LogP contribution in [0.25, 0.3) is 0 Å². The van der Waals surface area contributed by atoms with Gasteiger partial charge in [-0.2, -0.15) is 4.98 Å². The quantitative estimate of drug-likeness (QED) is 0.834. The van der Waals surface area contributed by atoms with Crippen LogP contribution in [-0.2, 0) is 0 Å². The zero-order valence-electron chi connectivity index (χ0n) is 10.2. The molecule has 7 nitrogen and oxygen atoms in total. The van der Waals surface area contributed by atoms with Crippen molar-refractivity contribution in [3.63, 3.8) is 0 Å². The minimum Gasteiger partial charge on any atom is -0.481 e. The molecule has 2 rings (SSSR count). The van der Waals surface area contributed by atoms with Gasteiger partial charge in [-0.1, -0.05) is 0 Å². The second kappa shape index (κ2) is 5.70. The number of carbonyl (C=O) groups is 1. The molecule has 0 aliphatic heterocycles. The number of ether oxygens (including phenoxy) is 1. The molecule has 0 aromatic carbocycles. The average molecular weight is 327 g/mol. The highest BCUT2D eigenvalue weighted by molar-refractivity contribution is 9.10. The van der Waals surface area contributed by atoms with Crippen molar-refractivity contribution in [3.8, 4) is 5.88 Å². The lowest BCUT2D eigenvalue weighted by Gasteiger charge is -2.06. The Labute approximate surface area is 117 Å². The predicted molar refractivity (Wildman–Crippen MR) is 70.8 cm³/mol. The summed E-state index contributed by atoms with van der Waals surface area (Å²) in [7, 11) is 1.49. The number of hydrazine groups is 1. The molecule has 0 atom stereocenters. The van der Waals surface area contributed by atoms with E-state index in [9.17, 15) is 4.79 Å². The maximum atomic E-state index is 11.8. The minimum atomic E-state index is -0.422. The summed E-state index contributed by atoms with van der Waals surface area (Å²) in [6.45, 7) is 1.77. The number of hydrogen-bond acceptors (Lipinski definition) is 6. The summed E-state index contributed by atoms with van der Waals surface area (Å²) in [4.78, 5) is 19.7. The number of nitrogens with one attached hydrogen (secondary N) is 2. The molecule has 0 aliphatic rings. The van der Waals surface area contributed by atoms with E-state index in [-0.39, 0.29) is 11.7 Å². The van der Waals surface area contributed by atoms with E-state index in [0.717, 1.165) is 5.56 Å². The largest absolute Gasteiger partial charge is 0.481 e. The molecule has 2 aromatic heterocycles. The molecule has 0 bridgehead atoms. The molecule has 1 amide bonds. The summed E-state index contributed by atoms with van der Waals surface area (Å²) in [5.41, 5.74) is 5.73. The maximum absolute atomic E-state index is 11.8. The second-order valence-electron chi connectivity index (χ2n) is 3.56. The Balaban J connectivity index is 2.02. The summed E-state index contributed by atoms with van der Waals surface area (Å²) >= 11 is 3.16. The molecular weight excluding hydrogens is 316 g/mol. The smallest absolute Gasteiger partial charge is 0.305 e. The fourth-order valence-corrected chi connectivity index (χ4v) is 1.86. The van der Waals surface area contributed by atoms with E-state index in [4.69, 9.17) is 9.15 Å². The molecule has 0 saturated carbocycles. The molecule has 0 aliphatic carbocycles. The topological polar surface area (TPSA) is 89.3 Å². The Morgan fingerprint density at radius 2 is 2.32 bits per heavy atom. The molecular formula is C11H11BrN4O3. The first-order chi connectivity index (χ1) is 9.10. The normalized spacial score (nSPS) is 10.1. The van der Waals surface area contributed by atoms with Gasteiger partial charge in [0.2, 0.25) is 11.8 Å². The van der Waals surface area contributed by atoms with Crippen molar-refractivity contribution < 1.29 is 13.9 Å². The van der Waals surface area contributed by atoms with E-state index in [2.05, 4.69) is 36.7 Å². The zero-order valence-corrected chi connectivity index (χ0v) is 11.8. The van der Waals surface area contributed by atoms with Gasteiger partial charge in [0, 0.05) is 17.8 Å². The van der Waals surface area contributed by atoms with Gasteiger partial charge in [0.15, 0.2) is 10.4 Å². The highest BCUT2D eigenvalue weighted by atomic mass is 79.9. The number of hydrogen-bond donors (Lipinski definition) is 2. The van der Waals surface area contributed by atoms with E-state index in [1.165, 1.54) is 13.3 Å². The van der Waals surface area contributed by atoms with Gasteiger partial charge in [-0.3, -0.25) is 15.6 Å². The number of rotatable bonds is 4. The van der Waals surface area contributed by atoms with E-state index in [1.54, 1.807) is 19.1 Å². The van der Waals surface area contributed by atoms with Gasteiger partial charge in [0.1, 0.15) is 0 Å². The van der Waals surface area contributed by atoms with E-state index in [1.807, 2.05) is 0 Å². The molecule has 2 aromatic rings. The van der Waals surface area contributed by atoms with Crippen LogP contribution < -0.4 is 15.6 Å². The lowest BCUT2D eigenvalue weighted by Crippen LogP contribution is -2.30. The van der Waals surface area contributed by atoms with Crippen LogP contribution >= 0.6 is 15.9 Å². The third kappa shape index (κ3) is 3.22. The van der Waals surface area contributed by atoms with E-state index in [0.29, 0.717) is 10.5 Å². The number of aromatic nitrogens is 2. The molecule has 100 valence electrons. The highest BCUT2D eigenvalue weighted by Gasteiger charge is 2.14. The lowest BCUT2D eigenvalue weighted by atomic mass is 10.3. The zero-order chi connectivity index (χ0) is 13.8. The Kier molecular flexibility index (Phi) is 4.00. The molecule has 19 heavy (non-hydrogen) atoms. The molecule has 0 fully saturated rings. The van der Waals surface area contributed by atoms with Crippen LogP contribution in [0.15, 0.2) is 27.4 Å². The van der Waals surface area contributed by atoms with Crippen molar-refractivity contribution in [2.45, 2.75) is 6.92 Å². The first-order valence-electron chi connectivity index (χ1n) is 5.29. The van der Waals surface area contributed by atoms with Crippen LogP contribution in [0.4, 0.5) is 5.95 Å². The van der Waals surface area contributed by atoms with Gasteiger partial charge in [0.25, 0.3) is 0 Å². The fourth-order valence-electron chi connectivity index (χ4n) is 1.35. The third-order valence-electron chi connectivity index (χ3n) is 2.22. The first-order valence-corrected chi connectivity index (χ1v) is 6.09. The molecule has 0 radical (unpaired) electrons. The number of furan rings is 1. The number of amides is 1. The summed E-state index contributed by atoms with van der Waals surface area (Å²) < 4.78 is 10.6. The van der Waals surface area contributed by atoms with Gasteiger partial charge in [-0.15, -0.1) is 0 Å². The highest BCUT2D eigenvalue weighted by Crippen LogP contribution is 2.19. The molecule has 2 heterocycles. The van der Waals surface area contributed by atoms with Crippen LogP contribution in [-0.4, -0.2) is 23.0 Å². The maximum Gasteiger partial charge on any atom is 0.305 e. The predicted octanol–water partition coefficient (Wildman–Crippen LogP) is 1.91. The monoisotopic (exact) mass is 326 g/mol. The van der Waals surface area contributed by atoms with Crippen molar-refractivity contribution >= 4 is 27.8 Å². The van der Waals surface area contributed by atoms with Crippen molar-refractivity contribution in [3.05, 3.63) is 34.3 Å². The van der Waals surface area contributed by atoms with Gasteiger partial charge in [0.05, 0.1) is 7.11 Å². The van der Waals surface area contributed by atoms with Crippen LogP contribution in [0.3, 0.4) is 0 Å². The summed E-state index contributed by atoms with van der Waals surface area (Å²) in [5.74, 6) is 0.400. The van der Waals surface area contributed by atoms with Crippen molar-refractivity contribution in [2.75, 3.05) is 12.5 Å². The molecule has 0 unspecified atom stereocenters. The summed E-state index contributed by atoms with van der Waals surface area (Å²) in [5, 5.41) is 0. The Hall–Kier alpha value is -2.09. The number of aryl methyl sites for hydroxylation is 1. The van der Waals surface area contributed by atoms with E-state index >= 15 is 0 Å². The number of anilines is 1. The molecule has 0 saturated heterocycles. The number of methoxy groups -OCH3 is 1. The molecule has 8 heteroatoms. The SMILES string of the molecule is COc1ccnc(NNC(=O)c2oc(Br)cc2C)n1. The number of carbonyl (C=O) groups excluding carboxylic acids is 1. The van der Waals surface area contributed by atoms with Crippen molar-refractivity contribution in [2.24, 2.45) is 0 Å². The standard InChI is InChI=1S/C11H11BrN4O3/c1-6-5-7(12)19-9(6)10(17)15-16-11-13-4-3-8(14-11)18-2/h3-5H,1-2H3,(H,15,17)(H,13,14,16).